The van der Waals surface area contributed by atoms with Crippen molar-refractivity contribution in [3.05, 3.63) is 53.6 Å². The lowest BCUT2D eigenvalue weighted by Crippen LogP contribution is -2.08. The molecular formula is C18H15F3N2O3S. The number of nitrogens with zero attached hydrogens (tertiary/aromatic N) is 2. The molecule has 1 aromatic heterocycles. The normalized spacial score (nSPS) is 11.4. The van der Waals surface area contributed by atoms with E-state index in [1.165, 1.54) is 26.4 Å². The van der Waals surface area contributed by atoms with Gasteiger partial charge in [0.25, 0.3) is 5.22 Å². The van der Waals surface area contributed by atoms with Crippen LogP contribution in [0.15, 0.2) is 52.1 Å². The number of alkyl halides is 3. The summed E-state index contributed by atoms with van der Waals surface area (Å²) in [4.78, 5) is 0. The number of aromatic nitrogens is 2. The molecule has 0 saturated heterocycles. The molecule has 142 valence electrons. The van der Waals surface area contributed by atoms with Crippen molar-refractivity contribution in [2.24, 2.45) is 0 Å². The van der Waals surface area contributed by atoms with Gasteiger partial charge in [-0.05, 0) is 29.8 Å². The molecule has 0 aliphatic rings. The fourth-order valence-corrected chi connectivity index (χ4v) is 3.18. The molecule has 9 heteroatoms. The molecule has 0 bridgehead atoms. The first-order valence-electron chi connectivity index (χ1n) is 7.76. The van der Waals surface area contributed by atoms with Gasteiger partial charge in [-0.2, -0.15) is 13.2 Å². The lowest BCUT2D eigenvalue weighted by atomic mass is 10.1. The van der Waals surface area contributed by atoms with Gasteiger partial charge >= 0.3 is 6.18 Å². The van der Waals surface area contributed by atoms with E-state index in [4.69, 9.17) is 13.9 Å². The minimum Gasteiger partial charge on any atom is -0.493 e. The third-order valence-corrected chi connectivity index (χ3v) is 4.58. The number of ether oxygens (including phenoxy) is 2. The maximum Gasteiger partial charge on any atom is 0.416 e. The second-order valence-electron chi connectivity index (χ2n) is 5.39. The molecule has 0 radical (unpaired) electrons. The molecule has 0 unspecified atom stereocenters. The summed E-state index contributed by atoms with van der Waals surface area (Å²) in [7, 11) is 3.03. The van der Waals surface area contributed by atoms with Crippen molar-refractivity contribution in [3.8, 4) is 23.0 Å². The van der Waals surface area contributed by atoms with Crippen LogP contribution < -0.4 is 9.47 Å². The predicted octanol–water partition coefficient (Wildman–Crippen LogP) is 5.06. The van der Waals surface area contributed by atoms with Crippen molar-refractivity contribution in [1.82, 2.24) is 10.2 Å². The molecule has 0 atom stereocenters. The summed E-state index contributed by atoms with van der Waals surface area (Å²) in [6, 6.07) is 10.5. The molecule has 0 amide bonds. The molecule has 0 aliphatic heterocycles. The van der Waals surface area contributed by atoms with Crippen LogP contribution in [0.2, 0.25) is 0 Å². The molecule has 0 aliphatic carbocycles. The van der Waals surface area contributed by atoms with E-state index in [-0.39, 0.29) is 22.4 Å². The number of hydrogen-bond donors (Lipinski definition) is 0. The molecule has 2 aromatic carbocycles. The van der Waals surface area contributed by atoms with E-state index in [9.17, 15) is 13.2 Å². The van der Waals surface area contributed by atoms with Crippen LogP contribution in [0.1, 0.15) is 11.1 Å². The second-order valence-corrected chi connectivity index (χ2v) is 6.31. The molecule has 1 heterocycles. The number of methoxy groups -OCH3 is 2. The first kappa shape index (κ1) is 19.1. The average Bonchev–Trinajstić information content (AvgIpc) is 3.14. The summed E-state index contributed by atoms with van der Waals surface area (Å²) in [5.41, 5.74) is 0.0979. The van der Waals surface area contributed by atoms with E-state index < -0.39 is 11.7 Å². The summed E-state index contributed by atoms with van der Waals surface area (Å²) in [6.07, 6.45) is -4.41. The molecule has 0 spiro atoms. The molecule has 0 fully saturated rings. The molecule has 5 nitrogen and oxygen atoms in total. The summed E-state index contributed by atoms with van der Waals surface area (Å²) in [6.45, 7) is 0. The number of halogens is 3. The standard InChI is InChI=1S/C18H15F3N2O3S/c1-24-14-8-7-11(9-15(14)25-2)16-22-23-17(26-16)27-10-12-5-3-4-6-13(12)18(19,20)21/h3-9H,10H2,1-2H3. The van der Waals surface area contributed by atoms with E-state index in [1.807, 2.05) is 0 Å². The molecular weight excluding hydrogens is 381 g/mol. The monoisotopic (exact) mass is 396 g/mol. The summed E-state index contributed by atoms with van der Waals surface area (Å²) >= 11 is 1.04. The van der Waals surface area contributed by atoms with Gasteiger partial charge in [-0.25, -0.2) is 0 Å². The van der Waals surface area contributed by atoms with Crippen molar-refractivity contribution in [3.63, 3.8) is 0 Å². The molecule has 0 N–H and O–H groups in total. The zero-order valence-electron chi connectivity index (χ0n) is 14.4. The summed E-state index contributed by atoms with van der Waals surface area (Å²) in [5, 5.41) is 8.01. The topological polar surface area (TPSA) is 57.4 Å². The van der Waals surface area contributed by atoms with E-state index in [1.54, 1.807) is 24.3 Å². The van der Waals surface area contributed by atoms with Crippen molar-refractivity contribution in [2.45, 2.75) is 17.2 Å². The molecule has 3 rings (SSSR count). The Bertz CT molecular complexity index is 928. The third kappa shape index (κ3) is 4.36. The van der Waals surface area contributed by atoms with E-state index in [2.05, 4.69) is 10.2 Å². The molecule has 3 aromatic rings. The van der Waals surface area contributed by atoms with Crippen LogP contribution in [0, 0.1) is 0 Å². The predicted molar refractivity (Wildman–Crippen MR) is 93.8 cm³/mol. The quantitative estimate of drug-likeness (QED) is 0.543. The van der Waals surface area contributed by atoms with Crippen molar-refractivity contribution < 1.29 is 27.1 Å². The van der Waals surface area contributed by atoms with E-state index in [0.29, 0.717) is 17.1 Å². The zero-order valence-corrected chi connectivity index (χ0v) is 15.2. The maximum atomic E-state index is 13.1. The summed E-state index contributed by atoms with van der Waals surface area (Å²) in [5.74, 6) is 1.35. The van der Waals surface area contributed by atoms with E-state index in [0.717, 1.165) is 17.8 Å². The minimum absolute atomic E-state index is 0.0588. The number of benzene rings is 2. The van der Waals surface area contributed by atoms with Crippen LogP contribution in [0.5, 0.6) is 11.5 Å². The highest BCUT2D eigenvalue weighted by molar-refractivity contribution is 7.98. The van der Waals surface area contributed by atoms with Gasteiger partial charge in [-0.15, -0.1) is 10.2 Å². The zero-order chi connectivity index (χ0) is 19.4. The third-order valence-electron chi connectivity index (χ3n) is 3.71. The van der Waals surface area contributed by atoms with Crippen LogP contribution in [-0.2, 0) is 11.9 Å². The molecule has 0 saturated carbocycles. The Kier molecular flexibility index (Phi) is 5.59. The van der Waals surface area contributed by atoms with Gasteiger partial charge in [0.2, 0.25) is 5.89 Å². The fourth-order valence-electron chi connectivity index (χ4n) is 2.42. The molecule has 27 heavy (non-hydrogen) atoms. The van der Waals surface area contributed by atoms with Gasteiger partial charge in [-0.1, -0.05) is 30.0 Å². The van der Waals surface area contributed by atoms with Crippen molar-refractivity contribution in [2.75, 3.05) is 14.2 Å². The van der Waals surface area contributed by atoms with Gasteiger partial charge < -0.3 is 13.9 Å². The van der Waals surface area contributed by atoms with Gasteiger partial charge in [-0.3, -0.25) is 0 Å². The minimum atomic E-state index is -4.41. The Hall–Kier alpha value is -2.68. The lowest BCUT2D eigenvalue weighted by molar-refractivity contribution is -0.138. The van der Waals surface area contributed by atoms with Crippen LogP contribution in [0.25, 0.3) is 11.5 Å². The van der Waals surface area contributed by atoms with Crippen LogP contribution >= 0.6 is 11.8 Å². The average molecular weight is 396 g/mol. The smallest absolute Gasteiger partial charge is 0.416 e. The van der Waals surface area contributed by atoms with Gasteiger partial charge in [0, 0.05) is 11.3 Å². The van der Waals surface area contributed by atoms with Crippen molar-refractivity contribution >= 4 is 11.8 Å². The van der Waals surface area contributed by atoms with Gasteiger partial charge in [0.15, 0.2) is 11.5 Å². The first-order chi connectivity index (χ1) is 12.9. The number of thioether (sulfide) groups is 1. The first-order valence-corrected chi connectivity index (χ1v) is 8.74. The van der Waals surface area contributed by atoms with Gasteiger partial charge in [0.1, 0.15) is 0 Å². The van der Waals surface area contributed by atoms with Crippen molar-refractivity contribution in [1.29, 1.82) is 0 Å². The fraction of sp³-hybridized carbons (Fsp3) is 0.222. The number of rotatable bonds is 6. The Morgan fingerprint density at radius 1 is 1.00 bits per heavy atom. The Morgan fingerprint density at radius 2 is 1.74 bits per heavy atom. The Morgan fingerprint density at radius 3 is 2.44 bits per heavy atom. The van der Waals surface area contributed by atoms with Crippen LogP contribution in [0.3, 0.4) is 0 Å². The maximum absolute atomic E-state index is 13.1. The highest BCUT2D eigenvalue weighted by Gasteiger charge is 2.32. The largest absolute Gasteiger partial charge is 0.493 e. The highest BCUT2D eigenvalue weighted by atomic mass is 32.2. The lowest BCUT2D eigenvalue weighted by Gasteiger charge is -2.11. The summed E-state index contributed by atoms with van der Waals surface area (Å²) < 4.78 is 55.1. The Labute approximate surface area is 157 Å². The SMILES string of the molecule is COc1ccc(-c2nnc(SCc3ccccc3C(F)(F)F)o2)cc1OC. The highest BCUT2D eigenvalue weighted by Crippen LogP contribution is 2.36. The Balaban J connectivity index is 1.76. The van der Waals surface area contributed by atoms with Crippen LogP contribution in [-0.4, -0.2) is 24.4 Å². The van der Waals surface area contributed by atoms with Gasteiger partial charge in [0.05, 0.1) is 19.8 Å². The van der Waals surface area contributed by atoms with E-state index >= 15 is 0 Å². The second kappa shape index (κ2) is 7.91. The number of hydrogen-bond acceptors (Lipinski definition) is 6. The van der Waals surface area contributed by atoms with Crippen LogP contribution in [0.4, 0.5) is 13.2 Å².